The zero-order valence-electron chi connectivity index (χ0n) is 15.1. The standard InChI is InChI=1S/C23H20O4/c1-14(15-11-12-20(24)21(13-15)27-2)23(26)18-9-5-3-7-16(18)22(25)17-8-4-6-10-19(17)23/h3-14,24,26H,1-2H3. The third-order valence-corrected chi connectivity index (χ3v) is 5.50. The van der Waals surface area contributed by atoms with Crippen molar-refractivity contribution in [1.29, 1.82) is 0 Å². The molecule has 1 aliphatic carbocycles. The van der Waals surface area contributed by atoms with E-state index in [1.165, 1.54) is 7.11 Å². The molecule has 0 spiro atoms. The van der Waals surface area contributed by atoms with Crippen molar-refractivity contribution in [3.8, 4) is 11.5 Å². The first kappa shape index (κ1) is 17.3. The molecule has 1 aliphatic rings. The minimum Gasteiger partial charge on any atom is -0.504 e. The zero-order chi connectivity index (χ0) is 19.2. The lowest BCUT2D eigenvalue weighted by atomic mass is 9.67. The van der Waals surface area contributed by atoms with Crippen LogP contribution in [0.15, 0.2) is 66.7 Å². The molecule has 3 aromatic carbocycles. The molecule has 0 radical (unpaired) electrons. The fourth-order valence-electron chi connectivity index (χ4n) is 3.99. The third-order valence-electron chi connectivity index (χ3n) is 5.50. The largest absolute Gasteiger partial charge is 0.504 e. The lowest BCUT2D eigenvalue weighted by molar-refractivity contribution is 0.0499. The van der Waals surface area contributed by atoms with E-state index in [9.17, 15) is 15.0 Å². The van der Waals surface area contributed by atoms with Gasteiger partial charge >= 0.3 is 0 Å². The second-order valence-corrected chi connectivity index (χ2v) is 6.84. The Morgan fingerprint density at radius 2 is 1.48 bits per heavy atom. The molecule has 0 aliphatic heterocycles. The summed E-state index contributed by atoms with van der Waals surface area (Å²) in [6.45, 7) is 1.91. The van der Waals surface area contributed by atoms with E-state index >= 15 is 0 Å². The highest BCUT2D eigenvalue weighted by molar-refractivity contribution is 6.13. The average Bonchev–Trinajstić information content (AvgIpc) is 2.72. The minimum absolute atomic E-state index is 0.0417. The van der Waals surface area contributed by atoms with E-state index in [0.717, 1.165) is 5.56 Å². The number of methoxy groups -OCH3 is 1. The lowest BCUT2D eigenvalue weighted by Crippen LogP contribution is -2.40. The van der Waals surface area contributed by atoms with Gasteiger partial charge in [-0.05, 0) is 28.8 Å². The topological polar surface area (TPSA) is 66.8 Å². The summed E-state index contributed by atoms with van der Waals surface area (Å²) in [5.74, 6) is -0.0831. The number of hydrogen-bond acceptors (Lipinski definition) is 4. The molecule has 0 aromatic heterocycles. The second kappa shape index (κ2) is 6.25. The molecule has 136 valence electrons. The Bertz CT molecular complexity index is 989. The Labute approximate surface area is 157 Å². The van der Waals surface area contributed by atoms with Gasteiger partial charge in [-0.3, -0.25) is 4.79 Å². The molecule has 3 aromatic rings. The van der Waals surface area contributed by atoms with Gasteiger partial charge < -0.3 is 14.9 Å². The molecule has 0 amide bonds. The highest BCUT2D eigenvalue weighted by atomic mass is 16.5. The maximum atomic E-state index is 12.9. The number of benzene rings is 3. The van der Waals surface area contributed by atoms with Gasteiger partial charge in [0.15, 0.2) is 17.3 Å². The monoisotopic (exact) mass is 360 g/mol. The van der Waals surface area contributed by atoms with Crippen LogP contribution in [0, 0.1) is 0 Å². The maximum Gasteiger partial charge on any atom is 0.193 e. The minimum atomic E-state index is -1.39. The van der Waals surface area contributed by atoms with Crippen molar-refractivity contribution < 1.29 is 19.7 Å². The Morgan fingerprint density at radius 1 is 0.926 bits per heavy atom. The molecule has 4 heteroatoms. The van der Waals surface area contributed by atoms with Crippen LogP contribution in [0.3, 0.4) is 0 Å². The summed E-state index contributed by atoms with van der Waals surface area (Å²) in [6.07, 6.45) is 0. The van der Waals surface area contributed by atoms with Crippen LogP contribution in [0.4, 0.5) is 0 Å². The van der Waals surface area contributed by atoms with Gasteiger partial charge in [-0.25, -0.2) is 0 Å². The van der Waals surface area contributed by atoms with Gasteiger partial charge in [0.1, 0.15) is 5.60 Å². The van der Waals surface area contributed by atoms with Crippen LogP contribution in [0.25, 0.3) is 0 Å². The van der Waals surface area contributed by atoms with Crippen LogP contribution in [0.1, 0.15) is 45.5 Å². The molecule has 2 N–H and O–H groups in total. The quantitative estimate of drug-likeness (QED) is 0.741. The van der Waals surface area contributed by atoms with Gasteiger partial charge in [0.2, 0.25) is 0 Å². The Morgan fingerprint density at radius 3 is 2.04 bits per heavy atom. The van der Waals surface area contributed by atoms with Crippen LogP contribution < -0.4 is 4.74 Å². The summed E-state index contributed by atoms with van der Waals surface area (Å²) in [7, 11) is 1.49. The van der Waals surface area contributed by atoms with Gasteiger partial charge in [0.25, 0.3) is 0 Å². The Hall–Kier alpha value is -3.11. The number of fused-ring (bicyclic) bond motifs is 2. The molecule has 4 nitrogen and oxygen atoms in total. The molecule has 0 bridgehead atoms. The number of carbonyl (C=O) groups is 1. The number of phenolic OH excluding ortho intramolecular Hbond substituents is 1. The van der Waals surface area contributed by atoms with Crippen molar-refractivity contribution in [3.63, 3.8) is 0 Å². The Kier molecular flexibility index (Phi) is 4.01. The summed E-state index contributed by atoms with van der Waals surface area (Å²) in [6, 6.07) is 19.4. The molecular weight excluding hydrogens is 340 g/mol. The molecule has 1 atom stereocenters. The molecule has 0 fully saturated rings. The number of aromatic hydroxyl groups is 1. The van der Waals surface area contributed by atoms with Crippen molar-refractivity contribution in [2.24, 2.45) is 0 Å². The molecular formula is C23H20O4. The summed E-state index contributed by atoms with van der Waals surface area (Å²) < 4.78 is 5.23. The van der Waals surface area contributed by atoms with Gasteiger partial charge in [0.05, 0.1) is 7.11 Å². The molecule has 0 heterocycles. The van der Waals surface area contributed by atoms with Crippen LogP contribution in [-0.4, -0.2) is 23.1 Å². The molecule has 4 rings (SSSR count). The van der Waals surface area contributed by atoms with Gasteiger partial charge in [-0.1, -0.05) is 61.5 Å². The number of hydrogen-bond donors (Lipinski definition) is 2. The average molecular weight is 360 g/mol. The maximum absolute atomic E-state index is 12.9. The van der Waals surface area contributed by atoms with E-state index in [-0.39, 0.29) is 17.5 Å². The highest BCUT2D eigenvalue weighted by Gasteiger charge is 2.46. The van der Waals surface area contributed by atoms with Crippen LogP contribution in [0.2, 0.25) is 0 Å². The zero-order valence-corrected chi connectivity index (χ0v) is 15.1. The number of phenols is 1. The van der Waals surface area contributed by atoms with Crippen molar-refractivity contribution in [1.82, 2.24) is 0 Å². The smallest absolute Gasteiger partial charge is 0.193 e. The summed E-state index contributed by atoms with van der Waals surface area (Å²) in [4.78, 5) is 12.9. The first-order chi connectivity index (χ1) is 13.0. The van der Waals surface area contributed by atoms with E-state index in [0.29, 0.717) is 28.0 Å². The van der Waals surface area contributed by atoms with E-state index in [1.54, 1.807) is 54.6 Å². The fraction of sp³-hybridized carbons (Fsp3) is 0.174. The summed E-state index contributed by atoms with van der Waals surface area (Å²) >= 11 is 0. The highest BCUT2D eigenvalue weighted by Crippen LogP contribution is 2.48. The van der Waals surface area contributed by atoms with Crippen molar-refractivity contribution >= 4 is 5.78 Å². The van der Waals surface area contributed by atoms with Gasteiger partial charge in [-0.15, -0.1) is 0 Å². The van der Waals surface area contributed by atoms with Crippen LogP contribution in [-0.2, 0) is 5.60 Å². The first-order valence-electron chi connectivity index (χ1n) is 8.81. The van der Waals surface area contributed by atoms with E-state index in [2.05, 4.69) is 0 Å². The summed E-state index contributed by atoms with van der Waals surface area (Å²) in [5, 5.41) is 21.9. The third kappa shape index (κ3) is 2.45. The predicted molar refractivity (Wildman–Crippen MR) is 102 cm³/mol. The van der Waals surface area contributed by atoms with Crippen molar-refractivity contribution in [2.75, 3.05) is 7.11 Å². The van der Waals surface area contributed by atoms with Crippen LogP contribution >= 0.6 is 0 Å². The van der Waals surface area contributed by atoms with Gasteiger partial charge in [-0.2, -0.15) is 0 Å². The fourth-order valence-corrected chi connectivity index (χ4v) is 3.99. The molecule has 1 unspecified atom stereocenters. The predicted octanol–water partition coefficient (Wildman–Crippen LogP) is 3.98. The van der Waals surface area contributed by atoms with Crippen molar-refractivity contribution in [2.45, 2.75) is 18.4 Å². The first-order valence-corrected chi connectivity index (χ1v) is 8.81. The number of rotatable bonds is 3. The Balaban J connectivity index is 1.96. The lowest BCUT2D eigenvalue weighted by Gasteiger charge is -2.40. The van der Waals surface area contributed by atoms with E-state index in [1.807, 2.05) is 19.1 Å². The van der Waals surface area contributed by atoms with E-state index < -0.39 is 5.60 Å². The summed E-state index contributed by atoms with van der Waals surface area (Å²) in [5.41, 5.74) is 1.61. The van der Waals surface area contributed by atoms with E-state index in [4.69, 9.17) is 4.74 Å². The SMILES string of the molecule is COc1cc(C(C)C2(O)c3ccccc3C(=O)c3ccccc32)ccc1O. The van der Waals surface area contributed by atoms with Crippen molar-refractivity contribution in [3.05, 3.63) is 94.5 Å². The number of ether oxygens (including phenoxy) is 1. The normalized spacial score (nSPS) is 15.6. The van der Waals surface area contributed by atoms with Crippen LogP contribution in [0.5, 0.6) is 11.5 Å². The number of carbonyl (C=O) groups excluding carboxylic acids is 1. The number of ketones is 1. The molecule has 0 saturated heterocycles. The molecule has 0 saturated carbocycles. The molecule has 27 heavy (non-hydrogen) atoms. The van der Waals surface area contributed by atoms with Gasteiger partial charge in [0, 0.05) is 17.0 Å². The number of aliphatic hydroxyl groups is 1. The second-order valence-electron chi connectivity index (χ2n) is 6.84.